The minimum atomic E-state index is -0.182. The van der Waals surface area contributed by atoms with E-state index in [1.165, 1.54) is 22.3 Å². The maximum atomic E-state index is 4.55. The predicted molar refractivity (Wildman–Crippen MR) is 133 cm³/mol. The van der Waals surface area contributed by atoms with Crippen LogP contribution < -0.4 is 10.2 Å². The first-order valence-corrected chi connectivity index (χ1v) is 11.5. The predicted octanol–water partition coefficient (Wildman–Crippen LogP) is 3.95. The fourth-order valence-electron chi connectivity index (χ4n) is 4.52. The fraction of sp³-hybridized carbons (Fsp3) is 0.167. The molecule has 0 radical (unpaired) electrons. The van der Waals surface area contributed by atoms with E-state index >= 15 is 0 Å². The van der Waals surface area contributed by atoms with Crippen LogP contribution in [0.3, 0.4) is 0 Å². The Balaban J connectivity index is 1.59. The van der Waals surface area contributed by atoms with Crippen molar-refractivity contribution in [3.05, 3.63) is 84.2 Å². The van der Waals surface area contributed by atoms with Crippen molar-refractivity contribution in [2.24, 2.45) is 4.36 Å². The lowest BCUT2D eigenvalue weighted by Gasteiger charge is -2.29. The zero-order valence-corrected chi connectivity index (χ0v) is 19.0. The zero-order valence-electron chi connectivity index (χ0n) is 18.2. The summed E-state index contributed by atoms with van der Waals surface area (Å²) in [7, 11) is 1.80. The van der Waals surface area contributed by atoms with Crippen molar-refractivity contribution >= 4 is 44.0 Å². The highest BCUT2D eigenvalue weighted by molar-refractivity contribution is 7.69. The Morgan fingerprint density at radius 2 is 1.91 bits per heavy atom. The Morgan fingerprint density at radius 3 is 2.79 bits per heavy atom. The molecule has 1 fully saturated rings. The van der Waals surface area contributed by atoms with Crippen molar-refractivity contribution in [3.8, 4) is 0 Å². The number of benzene rings is 3. The number of nitrogens with one attached hydrogen (secondary N) is 2. The average molecular weight is 455 g/mol. The van der Waals surface area contributed by atoms with Gasteiger partial charge in [-0.15, -0.1) is 5.10 Å². The Hall–Kier alpha value is -3.82. The molecule has 0 saturated carbocycles. The summed E-state index contributed by atoms with van der Waals surface area (Å²) in [5.74, 6) is 0. The molecule has 3 heterocycles. The standard InChI is InChI=1S/C24H22N8S/c1-15-6-5-7-16(12-15)22-23(32-21-9-4-3-8-19(21)29-30-32)28-24(33-25-2)31(22)17-10-11-18-20(13-17)27-14-26-18/h3-14,22-23,28H,1-2H3,(H,26,27). The first kappa shape index (κ1) is 19.8. The number of aromatic nitrogens is 5. The maximum absolute atomic E-state index is 4.55. The van der Waals surface area contributed by atoms with Gasteiger partial charge in [0, 0.05) is 12.7 Å². The number of rotatable bonds is 3. The molecule has 8 nitrogen and oxygen atoms in total. The molecular weight excluding hydrogens is 432 g/mol. The van der Waals surface area contributed by atoms with Crippen LogP contribution in [0.2, 0.25) is 0 Å². The highest BCUT2D eigenvalue weighted by Gasteiger charge is 2.42. The fourth-order valence-corrected chi connectivity index (χ4v) is 5.17. The first-order valence-electron chi connectivity index (χ1n) is 10.7. The van der Waals surface area contributed by atoms with Crippen LogP contribution in [0.1, 0.15) is 23.3 Å². The smallest absolute Gasteiger partial charge is 0.162 e. The second kappa shape index (κ2) is 7.95. The third kappa shape index (κ3) is 3.33. The van der Waals surface area contributed by atoms with Crippen molar-refractivity contribution in [2.45, 2.75) is 19.1 Å². The molecule has 0 bridgehead atoms. The molecule has 0 spiro atoms. The second-order valence-electron chi connectivity index (χ2n) is 8.02. The van der Waals surface area contributed by atoms with Gasteiger partial charge in [-0.3, -0.25) is 0 Å². The summed E-state index contributed by atoms with van der Waals surface area (Å²) in [5, 5.41) is 13.6. The first-order chi connectivity index (χ1) is 16.2. The van der Waals surface area contributed by atoms with Crippen LogP contribution in [0.25, 0.3) is 22.1 Å². The molecule has 2 aromatic heterocycles. The summed E-state index contributed by atoms with van der Waals surface area (Å²) >= 11 is 1.43. The topological polar surface area (TPSA) is 87.0 Å². The van der Waals surface area contributed by atoms with Gasteiger partial charge in [0.25, 0.3) is 0 Å². The van der Waals surface area contributed by atoms with Gasteiger partial charge < -0.3 is 9.88 Å². The monoisotopic (exact) mass is 454 g/mol. The molecule has 164 valence electrons. The summed E-state index contributed by atoms with van der Waals surface area (Å²) in [4.78, 5) is 9.94. The number of aryl methyl sites for hydroxylation is 1. The molecule has 33 heavy (non-hydrogen) atoms. The van der Waals surface area contributed by atoms with E-state index in [9.17, 15) is 0 Å². The SMILES string of the molecule is CN=S=C1NC(n2nnc3ccccc32)C(c2cccc(C)c2)N1c1ccc2[nH]cnc2c1. The van der Waals surface area contributed by atoms with Gasteiger partial charge in [-0.25, -0.2) is 19.3 Å². The second-order valence-corrected chi connectivity index (χ2v) is 8.96. The number of imidazole rings is 1. The average Bonchev–Trinajstić information content (AvgIpc) is 3.55. The third-order valence-corrected chi connectivity index (χ3v) is 6.62. The van der Waals surface area contributed by atoms with Crippen molar-refractivity contribution in [1.82, 2.24) is 30.3 Å². The minimum Gasteiger partial charge on any atom is -0.345 e. The molecule has 5 aromatic rings. The van der Waals surface area contributed by atoms with E-state index in [1.807, 2.05) is 22.9 Å². The van der Waals surface area contributed by atoms with E-state index in [2.05, 4.69) is 90.3 Å². The molecule has 9 heteroatoms. The van der Waals surface area contributed by atoms with Gasteiger partial charge >= 0.3 is 0 Å². The van der Waals surface area contributed by atoms with Crippen LogP contribution >= 0.6 is 0 Å². The van der Waals surface area contributed by atoms with Crippen molar-refractivity contribution in [2.75, 3.05) is 11.9 Å². The van der Waals surface area contributed by atoms with Crippen LogP contribution in [0.4, 0.5) is 5.69 Å². The highest BCUT2D eigenvalue weighted by atomic mass is 32.1. The maximum Gasteiger partial charge on any atom is 0.162 e. The lowest BCUT2D eigenvalue weighted by Crippen LogP contribution is -2.31. The number of H-pyrrole nitrogens is 1. The normalized spacial score (nSPS) is 18.4. The van der Waals surface area contributed by atoms with Crippen molar-refractivity contribution in [1.29, 1.82) is 0 Å². The van der Waals surface area contributed by atoms with Crippen LogP contribution in [0, 0.1) is 6.92 Å². The molecule has 2 unspecified atom stereocenters. The number of hydrogen-bond donors (Lipinski definition) is 2. The zero-order chi connectivity index (χ0) is 22.4. The van der Waals surface area contributed by atoms with Crippen LogP contribution in [0.15, 0.2) is 77.4 Å². The van der Waals surface area contributed by atoms with Crippen LogP contribution in [-0.2, 0) is 11.1 Å². The van der Waals surface area contributed by atoms with Gasteiger partial charge in [-0.05, 0) is 54.0 Å². The molecule has 2 atom stereocenters. The van der Waals surface area contributed by atoms with Gasteiger partial charge in [-0.2, -0.15) is 0 Å². The minimum absolute atomic E-state index is 0.0735. The number of fused-ring (bicyclic) bond motifs is 2. The summed E-state index contributed by atoms with van der Waals surface area (Å²) < 4.78 is 6.36. The van der Waals surface area contributed by atoms with Crippen molar-refractivity contribution in [3.63, 3.8) is 0 Å². The van der Waals surface area contributed by atoms with Crippen LogP contribution in [-0.4, -0.2) is 37.1 Å². The summed E-state index contributed by atoms with van der Waals surface area (Å²) in [6.07, 6.45) is 1.54. The lowest BCUT2D eigenvalue weighted by atomic mass is 10.0. The molecule has 0 amide bonds. The summed E-state index contributed by atoms with van der Waals surface area (Å²) in [6, 6.07) is 22.9. The van der Waals surface area contributed by atoms with E-state index in [1.54, 1.807) is 13.4 Å². The lowest BCUT2D eigenvalue weighted by molar-refractivity contribution is 0.396. The Kier molecular flexibility index (Phi) is 4.78. The summed E-state index contributed by atoms with van der Waals surface area (Å²) in [6.45, 7) is 2.12. The van der Waals surface area contributed by atoms with Gasteiger partial charge in [0.15, 0.2) is 5.11 Å². The van der Waals surface area contributed by atoms with E-state index in [4.69, 9.17) is 0 Å². The van der Waals surface area contributed by atoms with E-state index in [0.717, 1.165) is 32.9 Å². The number of aromatic amines is 1. The van der Waals surface area contributed by atoms with E-state index in [-0.39, 0.29) is 12.2 Å². The number of para-hydroxylation sites is 1. The Labute approximate surface area is 194 Å². The molecule has 6 rings (SSSR count). The number of nitrogens with zero attached hydrogens (tertiary/aromatic N) is 6. The Morgan fingerprint density at radius 1 is 1.00 bits per heavy atom. The van der Waals surface area contributed by atoms with E-state index < -0.39 is 0 Å². The highest BCUT2D eigenvalue weighted by Crippen LogP contribution is 2.40. The van der Waals surface area contributed by atoms with Gasteiger partial charge in [-0.1, -0.05) is 47.2 Å². The largest absolute Gasteiger partial charge is 0.345 e. The molecule has 1 aliphatic rings. The quantitative estimate of drug-likeness (QED) is 0.403. The molecule has 0 aliphatic carbocycles. The Bertz CT molecular complexity index is 1540. The van der Waals surface area contributed by atoms with Crippen molar-refractivity contribution < 1.29 is 0 Å². The third-order valence-electron chi connectivity index (χ3n) is 5.95. The molecule has 1 saturated heterocycles. The van der Waals surface area contributed by atoms with Gasteiger partial charge in [0.1, 0.15) is 11.7 Å². The number of anilines is 1. The molecule has 3 aromatic carbocycles. The molecule has 2 N–H and O–H groups in total. The van der Waals surface area contributed by atoms with Crippen LogP contribution in [0.5, 0.6) is 0 Å². The number of hydrogen-bond acceptors (Lipinski definition) is 4. The van der Waals surface area contributed by atoms with E-state index in [0.29, 0.717) is 0 Å². The molecule has 1 aliphatic heterocycles. The van der Waals surface area contributed by atoms with Gasteiger partial charge in [0.05, 0.1) is 28.9 Å². The molecular formula is C24H22N8S. The van der Waals surface area contributed by atoms with Gasteiger partial charge in [0.2, 0.25) is 0 Å². The summed E-state index contributed by atoms with van der Waals surface area (Å²) in [5.41, 5.74) is 7.20.